The summed E-state index contributed by atoms with van der Waals surface area (Å²) in [5.74, 6) is 1.48. The molecule has 1 aliphatic carbocycles. The third-order valence-corrected chi connectivity index (χ3v) is 5.54. The smallest absolute Gasteiger partial charge is 0.257 e. The van der Waals surface area contributed by atoms with Crippen LogP contribution in [0.2, 0.25) is 0 Å². The highest BCUT2D eigenvalue weighted by Gasteiger charge is 2.25. The predicted molar refractivity (Wildman–Crippen MR) is 131 cm³/mol. The fraction of sp³-hybridized carbons (Fsp3) is 0.333. The van der Waals surface area contributed by atoms with Crippen molar-refractivity contribution in [3.63, 3.8) is 0 Å². The average molecular weight is 487 g/mol. The van der Waals surface area contributed by atoms with Crippen molar-refractivity contribution < 1.29 is 13.9 Å². The van der Waals surface area contributed by atoms with Gasteiger partial charge in [0.25, 0.3) is 5.91 Å². The quantitative estimate of drug-likeness (QED) is 0.510. The van der Waals surface area contributed by atoms with E-state index in [1.165, 1.54) is 24.3 Å². The highest BCUT2D eigenvalue weighted by Crippen LogP contribution is 2.25. The molecular weight excluding hydrogens is 459 g/mol. The van der Waals surface area contributed by atoms with Crippen molar-refractivity contribution in [1.29, 1.82) is 0 Å². The zero-order valence-corrected chi connectivity index (χ0v) is 19.9. The van der Waals surface area contributed by atoms with Crippen LogP contribution in [-0.2, 0) is 0 Å². The van der Waals surface area contributed by atoms with Crippen LogP contribution in [0, 0.1) is 5.82 Å². The van der Waals surface area contributed by atoms with Gasteiger partial charge in [-0.15, -0.1) is 12.4 Å². The van der Waals surface area contributed by atoms with Crippen LogP contribution >= 0.6 is 12.4 Å². The Hall–Kier alpha value is -3.46. The summed E-state index contributed by atoms with van der Waals surface area (Å²) in [5, 5.41) is 6.50. The summed E-state index contributed by atoms with van der Waals surface area (Å²) in [5.41, 5.74) is 0.343. The maximum atomic E-state index is 13.1. The molecule has 8 nitrogen and oxygen atoms in total. The number of nitrogens with one attached hydrogen (secondary N) is 2. The van der Waals surface area contributed by atoms with Crippen LogP contribution in [-0.4, -0.2) is 47.0 Å². The van der Waals surface area contributed by atoms with Gasteiger partial charge in [0.05, 0.1) is 0 Å². The summed E-state index contributed by atoms with van der Waals surface area (Å²) in [6.07, 6.45) is 6.77. The molecule has 0 aliphatic heterocycles. The largest absolute Gasteiger partial charge is 0.438 e. The van der Waals surface area contributed by atoms with Crippen LogP contribution in [0.3, 0.4) is 0 Å². The van der Waals surface area contributed by atoms with Crippen LogP contribution in [0.5, 0.6) is 11.6 Å². The minimum Gasteiger partial charge on any atom is -0.438 e. The zero-order chi connectivity index (χ0) is 23.2. The molecule has 1 aliphatic rings. The normalized spacial score (nSPS) is 17.3. The van der Waals surface area contributed by atoms with Gasteiger partial charge in [0.1, 0.15) is 22.9 Å². The summed E-state index contributed by atoms with van der Waals surface area (Å²) in [4.78, 5) is 27.9. The molecule has 0 unspecified atom stereocenters. The Morgan fingerprint density at radius 3 is 2.41 bits per heavy atom. The molecule has 2 aromatic heterocycles. The molecule has 1 fully saturated rings. The van der Waals surface area contributed by atoms with E-state index in [1.54, 1.807) is 24.5 Å². The lowest BCUT2D eigenvalue weighted by Gasteiger charge is -2.30. The summed E-state index contributed by atoms with van der Waals surface area (Å²) in [7, 11) is 3.89. The summed E-state index contributed by atoms with van der Waals surface area (Å²) in [6.45, 7) is 0. The van der Waals surface area contributed by atoms with Gasteiger partial charge in [0, 0.05) is 38.6 Å². The van der Waals surface area contributed by atoms with E-state index in [1.807, 2.05) is 25.1 Å². The molecule has 0 radical (unpaired) electrons. The van der Waals surface area contributed by atoms with Crippen LogP contribution < -0.4 is 20.3 Å². The number of ether oxygens (including phenoxy) is 1. The SMILES string of the molecule is CN(C)c1ccnc(N[C@H]2CC[C@@H](NC(=O)c3cccnc3Oc3ccc(F)cc3)CC2)n1.Cl. The number of halogens is 2. The lowest BCUT2D eigenvalue weighted by molar-refractivity contribution is 0.0923. The molecule has 0 atom stereocenters. The molecule has 2 N–H and O–H groups in total. The number of anilines is 2. The van der Waals surface area contributed by atoms with E-state index in [0.29, 0.717) is 17.3 Å². The number of rotatable bonds is 7. The Bertz CT molecular complexity index is 1090. The van der Waals surface area contributed by atoms with Gasteiger partial charge >= 0.3 is 0 Å². The third kappa shape index (κ3) is 6.54. The highest BCUT2D eigenvalue weighted by atomic mass is 35.5. The second kappa shape index (κ2) is 11.6. The molecular formula is C24H28ClFN6O2. The third-order valence-electron chi connectivity index (χ3n) is 5.54. The van der Waals surface area contributed by atoms with Crippen molar-refractivity contribution in [2.24, 2.45) is 0 Å². The molecule has 0 saturated heterocycles. The maximum Gasteiger partial charge on any atom is 0.257 e. The number of hydrogen-bond donors (Lipinski definition) is 2. The van der Waals surface area contributed by atoms with E-state index in [2.05, 4.69) is 25.6 Å². The van der Waals surface area contributed by atoms with Gasteiger partial charge in [-0.1, -0.05) is 0 Å². The van der Waals surface area contributed by atoms with E-state index in [4.69, 9.17) is 4.74 Å². The van der Waals surface area contributed by atoms with Gasteiger partial charge in [0.15, 0.2) is 0 Å². The first-order valence-corrected chi connectivity index (χ1v) is 10.9. The summed E-state index contributed by atoms with van der Waals surface area (Å²) in [6, 6.07) is 11.1. The molecule has 1 aromatic carbocycles. The van der Waals surface area contributed by atoms with Crippen LogP contribution in [0.1, 0.15) is 36.0 Å². The minimum absolute atomic E-state index is 0. The number of pyridine rings is 1. The van der Waals surface area contributed by atoms with E-state index >= 15 is 0 Å². The molecule has 180 valence electrons. The van der Waals surface area contributed by atoms with Crippen LogP contribution in [0.15, 0.2) is 54.9 Å². The molecule has 4 rings (SSSR count). The van der Waals surface area contributed by atoms with Crippen molar-refractivity contribution in [3.05, 3.63) is 66.2 Å². The molecule has 34 heavy (non-hydrogen) atoms. The zero-order valence-electron chi connectivity index (χ0n) is 19.1. The first kappa shape index (κ1) is 25.2. The number of carbonyl (C=O) groups excluding carboxylic acids is 1. The first-order valence-electron chi connectivity index (χ1n) is 10.9. The number of benzene rings is 1. The van der Waals surface area contributed by atoms with E-state index in [-0.39, 0.29) is 42.1 Å². The standard InChI is InChI=1S/C24H27FN6O2.ClH/c1-31(2)21-13-15-27-24(30-21)29-18-9-7-17(8-10-18)28-22(32)20-4-3-14-26-23(20)33-19-11-5-16(25)6-12-19;/h3-6,11-15,17-18H,7-10H2,1-2H3,(H,28,32)(H,27,29,30);1H/t17-,18+;. The molecule has 1 amide bonds. The average Bonchev–Trinajstić information content (AvgIpc) is 2.82. The van der Waals surface area contributed by atoms with Gasteiger partial charge in [-0.25, -0.2) is 14.4 Å². The molecule has 3 aromatic rings. The summed E-state index contributed by atoms with van der Waals surface area (Å²) < 4.78 is 18.9. The molecule has 2 heterocycles. The Kier molecular flexibility index (Phi) is 8.59. The van der Waals surface area contributed by atoms with Crippen molar-refractivity contribution >= 4 is 30.1 Å². The fourth-order valence-corrected chi connectivity index (χ4v) is 3.75. The number of hydrogen-bond acceptors (Lipinski definition) is 7. The van der Waals surface area contributed by atoms with Crippen LogP contribution in [0.4, 0.5) is 16.2 Å². The van der Waals surface area contributed by atoms with Crippen molar-refractivity contribution in [2.45, 2.75) is 37.8 Å². The lowest BCUT2D eigenvalue weighted by atomic mass is 9.91. The predicted octanol–water partition coefficient (Wildman–Crippen LogP) is 4.44. The summed E-state index contributed by atoms with van der Waals surface area (Å²) >= 11 is 0. The second-order valence-electron chi connectivity index (χ2n) is 8.21. The first-order chi connectivity index (χ1) is 16.0. The van der Waals surface area contributed by atoms with Gasteiger partial charge in [-0.2, -0.15) is 4.98 Å². The molecule has 10 heteroatoms. The fourth-order valence-electron chi connectivity index (χ4n) is 3.75. The Labute approximate surface area is 204 Å². The lowest BCUT2D eigenvalue weighted by Crippen LogP contribution is -2.40. The Morgan fingerprint density at radius 2 is 1.71 bits per heavy atom. The molecule has 1 saturated carbocycles. The van der Waals surface area contributed by atoms with Gasteiger partial charge in [0.2, 0.25) is 11.8 Å². The number of amides is 1. The van der Waals surface area contributed by atoms with Gasteiger partial charge in [-0.05, 0) is 68.1 Å². The van der Waals surface area contributed by atoms with Crippen molar-refractivity contribution in [1.82, 2.24) is 20.3 Å². The van der Waals surface area contributed by atoms with E-state index in [0.717, 1.165) is 31.5 Å². The van der Waals surface area contributed by atoms with E-state index in [9.17, 15) is 9.18 Å². The van der Waals surface area contributed by atoms with Crippen molar-refractivity contribution in [2.75, 3.05) is 24.3 Å². The number of aromatic nitrogens is 3. The maximum absolute atomic E-state index is 13.1. The number of carbonyl (C=O) groups is 1. The topological polar surface area (TPSA) is 92.3 Å². The van der Waals surface area contributed by atoms with Crippen LogP contribution in [0.25, 0.3) is 0 Å². The molecule has 0 bridgehead atoms. The van der Waals surface area contributed by atoms with Gasteiger partial charge < -0.3 is 20.3 Å². The second-order valence-corrected chi connectivity index (χ2v) is 8.21. The van der Waals surface area contributed by atoms with Gasteiger partial charge in [-0.3, -0.25) is 4.79 Å². The molecule has 0 spiro atoms. The Balaban J connectivity index is 0.00000324. The number of nitrogens with zero attached hydrogens (tertiary/aromatic N) is 4. The highest BCUT2D eigenvalue weighted by molar-refractivity contribution is 5.96. The minimum atomic E-state index is -0.358. The van der Waals surface area contributed by atoms with Crippen molar-refractivity contribution in [3.8, 4) is 11.6 Å². The Morgan fingerprint density at radius 1 is 1.00 bits per heavy atom. The monoisotopic (exact) mass is 486 g/mol. The van der Waals surface area contributed by atoms with E-state index < -0.39 is 0 Å².